The highest BCUT2D eigenvalue weighted by Gasteiger charge is 2.32. The smallest absolute Gasteiger partial charge is 0.219 e. The largest absolute Gasteiger partial charge is 0.508 e. The summed E-state index contributed by atoms with van der Waals surface area (Å²) in [5, 5.41) is 23.1. The van der Waals surface area contributed by atoms with Gasteiger partial charge < -0.3 is 14.6 Å². The predicted molar refractivity (Wildman–Crippen MR) is 117 cm³/mol. The summed E-state index contributed by atoms with van der Waals surface area (Å²) in [7, 11) is 0. The summed E-state index contributed by atoms with van der Waals surface area (Å²) in [6.07, 6.45) is 0. The first-order valence-corrected chi connectivity index (χ1v) is 10.00. The van der Waals surface area contributed by atoms with Crippen molar-refractivity contribution in [3.05, 3.63) is 65.9 Å². The maximum Gasteiger partial charge on any atom is 0.219 e. The van der Waals surface area contributed by atoms with E-state index in [0.717, 1.165) is 38.4 Å². The van der Waals surface area contributed by atoms with Gasteiger partial charge in [0.2, 0.25) is 5.91 Å². The summed E-state index contributed by atoms with van der Waals surface area (Å²) < 4.78 is 2.06. The number of phenolic OH excluding ortho intramolecular Hbond substituents is 1. The monoisotopic (exact) mass is 395 g/mol. The maximum atomic E-state index is 11.6. The molecule has 1 aliphatic heterocycles. The Bertz CT molecular complexity index is 1370. The molecule has 30 heavy (non-hydrogen) atoms. The van der Waals surface area contributed by atoms with E-state index in [0.29, 0.717) is 18.8 Å². The number of carbonyl (C=O) groups excluding carboxylic acids is 1. The first kappa shape index (κ1) is 18.3. The van der Waals surface area contributed by atoms with E-state index in [9.17, 15) is 15.2 Å². The molecule has 3 aromatic carbocycles. The van der Waals surface area contributed by atoms with E-state index in [2.05, 4.69) is 29.7 Å². The van der Waals surface area contributed by atoms with Crippen LogP contribution in [0.5, 0.6) is 5.75 Å². The molecule has 1 aromatic heterocycles. The minimum atomic E-state index is 0.0652. The number of hydrogen-bond acceptors (Lipinski definition) is 3. The molecule has 5 nitrogen and oxygen atoms in total. The van der Waals surface area contributed by atoms with Gasteiger partial charge in [0.05, 0.1) is 6.04 Å². The SMILES string of the molecule is CC(=O)N1CC(n2c(C#N)cc3c(C)c(-c4cc(O)cc5ccccc45)ccc32)C1. The number of rotatable bonds is 2. The van der Waals surface area contributed by atoms with E-state index in [1.165, 1.54) is 0 Å². The number of aromatic nitrogens is 1. The van der Waals surface area contributed by atoms with Gasteiger partial charge in [-0.05, 0) is 58.7 Å². The lowest BCUT2D eigenvalue weighted by Crippen LogP contribution is -2.50. The highest BCUT2D eigenvalue weighted by molar-refractivity contribution is 6.01. The molecule has 1 N–H and O–H groups in total. The van der Waals surface area contributed by atoms with Crippen molar-refractivity contribution in [3.63, 3.8) is 0 Å². The minimum absolute atomic E-state index is 0.0652. The van der Waals surface area contributed by atoms with Crippen LogP contribution in [-0.4, -0.2) is 33.6 Å². The zero-order valence-corrected chi connectivity index (χ0v) is 16.9. The van der Waals surface area contributed by atoms with Crippen molar-refractivity contribution in [2.24, 2.45) is 0 Å². The van der Waals surface area contributed by atoms with Gasteiger partial charge in [-0.2, -0.15) is 5.26 Å². The maximum absolute atomic E-state index is 11.6. The molecular weight excluding hydrogens is 374 g/mol. The van der Waals surface area contributed by atoms with E-state index >= 15 is 0 Å². The molecule has 1 fully saturated rings. The van der Waals surface area contributed by atoms with Crippen LogP contribution >= 0.6 is 0 Å². The number of benzene rings is 3. The Kier molecular flexibility index (Phi) is 4.04. The molecule has 2 heterocycles. The number of hydrogen-bond donors (Lipinski definition) is 1. The molecule has 1 saturated heterocycles. The van der Waals surface area contributed by atoms with Crippen LogP contribution in [-0.2, 0) is 4.79 Å². The lowest BCUT2D eigenvalue weighted by molar-refractivity contribution is -0.134. The third-order valence-electron chi connectivity index (χ3n) is 6.22. The molecule has 4 aromatic rings. The van der Waals surface area contributed by atoms with E-state index in [-0.39, 0.29) is 17.7 Å². The fourth-order valence-electron chi connectivity index (χ4n) is 4.61. The van der Waals surface area contributed by atoms with Gasteiger partial charge in [-0.1, -0.05) is 30.3 Å². The van der Waals surface area contributed by atoms with Gasteiger partial charge in [-0.15, -0.1) is 0 Å². The Morgan fingerprint density at radius 2 is 1.83 bits per heavy atom. The number of fused-ring (bicyclic) bond motifs is 2. The van der Waals surface area contributed by atoms with Gasteiger partial charge in [-0.3, -0.25) is 4.79 Å². The third kappa shape index (κ3) is 2.65. The van der Waals surface area contributed by atoms with Crippen LogP contribution in [0.3, 0.4) is 0 Å². The molecule has 1 amide bonds. The van der Waals surface area contributed by atoms with E-state index in [1.54, 1.807) is 24.0 Å². The van der Waals surface area contributed by atoms with Crippen LogP contribution in [0.25, 0.3) is 32.8 Å². The topological polar surface area (TPSA) is 69.3 Å². The minimum Gasteiger partial charge on any atom is -0.508 e. The van der Waals surface area contributed by atoms with Crippen molar-refractivity contribution < 1.29 is 9.90 Å². The fourth-order valence-corrected chi connectivity index (χ4v) is 4.61. The van der Waals surface area contributed by atoms with Crippen LogP contribution in [0.15, 0.2) is 54.6 Å². The fraction of sp³-hybridized carbons (Fsp3) is 0.200. The average molecular weight is 395 g/mol. The number of carbonyl (C=O) groups is 1. The third-order valence-corrected chi connectivity index (χ3v) is 6.22. The van der Waals surface area contributed by atoms with E-state index < -0.39 is 0 Å². The highest BCUT2D eigenvalue weighted by Crippen LogP contribution is 2.39. The molecule has 148 valence electrons. The zero-order chi connectivity index (χ0) is 21.0. The van der Waals surface area contributed by atoms with Gasteiger partial charge in [0.1, 0.15) is 17.5 Å². The lowest BCUT2D eigenvalue weighted by atomic mass is 9.93. The number of likely N-dealkylation sites (tertiary alicyclic amines) is 1. The van der Waals surface area contributed by atoms with E-state index in [1.807, 2.05) is 30.3 Å². The average Bonchev–Trinajstić information content (AvgIpc) is 3.06. The highest BCUT2D eigenvalue weighted by atomic mass is 16.3. The van der Waals surface area contributed by atoms with Gasteiger partial charge >= 0.3 is 0 Å². The van der Waals surface area contributed by atoms with Crippen LogP contribution in [0.2, 0.25) is 0 Å². The molecule has 1 aliphatic rings. The molecule has 0 aliphatic carbocycles. The Morgan fingerprint density at radius 3 is 2.57 bits per heavy atom. The molecule has 0 unspecified atom stereocenters. The summed E-state index contributed by atoms with van der Waals surface area (Å²) in [6.45, 7) is 4.90. The van der Waals surface area contributed by atoms with Gasteiger partial charge in [-0.25, -0.2) is 0 Å². The van der Waals surface area contributed by atoms with Crippen LogP contribution in [0.4, 0.5) is 0 Å². The summed E-state index contributed by atoms with van der Waals surface area (Å²) in [4.78, 5) is 13.4. The van der Waals surface area contributed by atoms with Crippen molar-refractivity contribution >= 4 is 27.6 Å². The van der Waals surface area contributed by atoms with Gasteiger partial charge in [0, 0.05) is 30.9 Å². The van der Waals surface area contributed by atoms with Crippen molar-refractivity contribution in [3.8, 4) is 22.9 Å². The van der Waals surface area contributed by atoms with Gasteiger partial charge in [0.25, 0.3) is 0 Å². The van der Waals surface area contributed by atoms with Crippen molar-refractivity contribution in [1.82, 2.24) is 9.47 Å². The molecule has 0 spiro atoms. The second-order valence-electron chi connectivity index (χ2n) is 7.97. The molecule has 0 bridgehead atoms. The van der Waals surface area contributed by atoms with E-state index in [4.69, 9.17) is 0 Å². The zero-order valence-electron chi connectivity index (χ0n) is 16.9. The Balaban J connectivity index is 1.69. The first-order valence-electron chi connectivity index (χ1n) is 10.00. The molecular formula is C25H21N3O2. The summed E-state index contributed by atoms with van der Waals surface area (Å²) in [5.74, 6) is 0.299. The normalized spacial score (nSPS) is 14.1. The Hall–Kier alpha value is -3.78. The standard InChI is InChI=1S/C25H21N3O2/c1-15-21(24-11-20(30)9-17-5-3-4-6-22(17)24)7-8-25-23(15)10-18(12-26)28(25)19-13-27(14-19)16(2)29/h3-11,19,30H,13-14H2,1-2H3. The van der Waals surface area contributed by atoms with Crippen LogP contribution < -0.4 is 0 Å². The number of phenols is 1. The molecule has 0 radical (unpaired) electrons. The number of nitrogens with zero attached hydrogens (tertiary/aromatic N) is 3. The Labute approximate surface area is 174 Å². The number of nitriles is 1. The second kappa shape index (κ2) is 6.64. The molecule has 0 atom stereocenters. The molecule has 5 rings (SSSR count). The second-order valence-corrected chi connectivity index (χ2v) is 7.97. The summed E-state index contributed by atoms with van der Waals surface area (Å²) in [6, 6.07) is 20.1. The first-order chi connectivity index (χ1) is 14.5. The van der Waals surface area contributed by atoms with Crippen LogP contribution in [0.1, 0.15) is 24.2 Å². The Morgan fingerprint density at radius 1 is 1.07 bits per heavy atom. The summed E-state index contributed by atoms with van der Waals surface area (Å²) in [5.41, 5.74) is 4.70. The van der Waals surface area contributed by atoms with Gasteiger partial charge in [0.15, 0.2) is 0 Å². The predicted octanol–water partition coefficient (Wildman–Crippen LogP) is 4.75. The number of aromatic hydroxyl groups is 1. The lowest BCUT2D eigenvalue weighted by Gasteiger charge is -2.40. The van der Waals surface area contributed by atoms with Crippen molar-refractivity contribution in [1.29, 1.82) is 5.26 Å². The molecule has 5 heteroatoms. The molecule has 0 saturated carbocycles. The quantitative estimate of drug-likeness (QED) is 0.532. The summed E-state index contributed by atoms with van der Waals surface area (Å²) >= 11 is 0. The van der Waals surface area contributed by atoms with Crippen LogP contribution in [0, 0.1) is 18.3 Å². The van der Waals surface area contributed by atoms with Crippen molar-refractivity contribution in [2.75, 3.05) is 13.1 Å². The number of amides is 1. The number of aryl methyl sites for hydroxylation is 1. The van der Waals surface area contributed by atoms with Crippen molar-refractivity contribution in [2.45, 2.75) is 19.9 Å².